The maximum absolute atomic E-state index is 3.43. The van der Waals surface area contributed by atoms with Gasteiger partial charge in [-0.25, -0.2) is 0 Å². The maximum Gasteiger partial charge on any atom is 0.0457 e. The Labute approximate surface area is 119 Å². The lowest BCUT2D eigenvalue weighted by atomic mass is 10.0. The van der Waals surface area contributed by atoms with E-state index < -0.39 is 0 Å². The van der Waals surface area contributed by atoms with Crippen molar-refractivity contribution >= 4 is 10.9 Å². The monoisotopic (exact) mass is 270 g/mol. The van der Waals surface area contributed by atoms with Crippen molar-refractivity contribution < 1.29 is 0 Å². The van der Waals surface area contributed by atoms with E-state index in [1.807, 2.05) is 0 Å². The van der Waals surface area contributed by atoms with Crippen molar-refractivity contribution in [1.29, 1.82) is 0 Å². The van der Waals surface area contributed by atoms with Gasteiger partial charge in [-0.05, 0) is 11.6 Å². The summed E-state index contributed by atoms with van der Waals surface area (Å²) in [5.74, 6) is 0. The third-order valence-electron chi connectivity index (χ3n) is 4.67. The molecule has 0 atom stereocenters. The van der Waals surface area contributed by atoms with Crippen LogP contribution in [0.1, 0.15) is 5.56 Å². The summed E-state index contributed by atoms with van der Waals surface area (Å²) in [7, 11) is 0. The average Bonchev–Trinajstić information content (AvgIpc) is 2.86. The maximum atomic E-state index is 3.43. The summed E-state index contributed by atoms with van der Waals surface area (Å²) in [5.41, 5.74) is 2.68. The lowest BCUT2D eigenvalue weighted by Gasteiger charge is -2.46. The number of hydrogen-bond donors (Lipinski definition) is 2. The summed E-state index contributed by atoms with van der Waals surface area (Å²) in [4.78, 5) is 8.57. The molecule has 4 heteroatoms. The van der Waals surface area contributed by atoms with E-state index in [9.17, 15) is 0 Å². The minimum atomic E-state index is 0.780. The molecule has 0 unspecified atom stereocenters. The number of nitrogens with zero attached hydrogens (tertiary/aromatic N) is 2. The minimum Gasteiger partial charge on any atom is -0.361 e. The highest BCUT2D eigenvalue weighted by molar-refractivity contribution is 5.82. The number of fused-ring (bicyclic) bond motifs is 1. The largest absolute Gasteiger partial charge is 0.361 e. The summed E-state index contributed by atoms with van der Waals surface area (Å²) < 4.78 is 0. The molecule has 106 valence electrons. The first-order chi connectivity index (χ1) is 9.90. The molecule has 3 heterocycles. The van der Waals surface area contributed by atoms with Gasteiger partial charge in [-0.15, -0.1) is 0 Å². The lowest BCUT2D eigenvalue weighted by Crippen LogP contribution is -2.62. The van der Waals surface area contributed by atoms with Crippen LogP contribution in [0.5, 0.6) is 0 Å². The first-order valence-corrected chi connectivity index (χ1v) is 7.62. The standard InChI is InChI=1S/C16H22N4/c1-2-4-16-15(3-1)13(9-18-16)10-19-11-14(12-19)20-7-5-17-6-8-20/h1-4,9,14,17-18H,5-8,10-12H2. The van der Waals surface area contributed by atoms with Crippen molar-refractivity contribution in [1.82, 2.24) is 20.1 Å². The zero-order chi connectivity index (χ0) is 13.4. The topological polar surface area (TPSA) is 34.3 Å². The molecule has 2 aliphatic rings. The van der Waals surface area contributed by atoms with E-state index in [4.69, 9.17) is 0 Å². The van der Waals surface area contributed by atoms with Gasteiger partial charge >= 0.3 is 0 Å². The molecular formula is C16H22N4. The number of aromatic nitrogens is 1. The first-order valence-electron chi connectivity index (χ1n) is 7.62. The Morgan fingerprint density at radius 3 is 2.75 bits per heavy atom. The predicted octanol–water partition coefficient (Wildman–Crippen LogP) is 1.26. The van der Waals surface area contributed by atoms with E-state index in [1.54, 1.807) is 0 Å². The third-order valence-corrected chi connectivity index (χ3v) is 4.67. The smallest absolute Gasteiger partial charge is 0.0457 e. The van der Waals surface area contributed by atoms with Gasteiger partial charge < -0.3 is 10.3 Å². The van der Waals surface area contributed by atoms with Crippen LogP contribution in [-0.2, 0) is 6.54 Å². The minimum absolute atomic E-state index is 0.780. The number of aromatic amines is 1. The van der Waals surface area contributed by atoms with Gasteiger partial charge in [-0.2, -0.15) is 0 Å². The summed E-state index contributed by atoms with van der Waals surface area (Å²) in [5, 5.41) is 4.80. The van der Waals surface area contributed by atoms with E-state index in [0.29, 0.717) is 0 Å². The Balaban J connectivity index is 1.37. The van der Waals surface area contributed by atoms with Crippen LogP contribution < -0.4 is 5.32 Å². The Hall–Kier alpha value is -1.36. The Morgan fingerprint density at radius 1 is 1.10 bits per heavy atom. The fraction of sp³-hybridized carbons (Fsp3) is 0.500. The van der Waals surface area contributed by atoms with Crippen LogP contribution in [0.25, 0.3) is 10.9 Å². The Morgan fingerprint density at radius 2 is 1.90 bits per heavy atom. The number of para-hydroxylation sites is 1. The molecule has 2 saturated heterocycles. The molecular weight excluding hydrogens is 248 g/mol. The molecule has 0 amide bonds. The molecule has 0 bridgehead atoms. The van der Waals surface area contributed by atoms with E-state index in [0.717, 1.165) is 25.7 Å². The average molecular weight is 270 g/mol. The second-order valence-corrected chi connectivity index (χ2v) is 5.99. The van der Waals surface area contributed by atoms with Crippen LogP contribution >= 0.6 is 0 Å². The van der Waals surface area contributed by atoms with Crippen molar-refractivity contribution in [3.05, 3.63) is 36.0 Å². The second-order valence-electron chi connectivity index (χ2n) is 5.99. The summed E-state index contributed by atoms with van der Waals surface area (Å²) >= 11 is 0. The van der Waals surface area contributed by atoms with Gasteiger partial charge in [0.05, 0.1) is 0 Å². The predicted molar refractivity (Wildman–Crippen MR) is 81.8 cm³/mol. The highest BCUT2D eigenvalue weighted by Gasteiger charge is 2.32. The molecule has 0 spiro atoms. The number of piperazine rings is 1. The van der Waals surface area contributed by atoms with Crippen molar-refractivity contribution in [3.63, 3.8) is 0 Å². The molecule has 2 fully saturated rings. The van der Waals surface area contributed by atoms with Crippen LogP contribution in [0.15, 0.2) is 30.5 Å². The molecule has 4 rings (SSSR count). The molecule has 0 saturated carbocycles. The molecule has 2 aromatic rings. The van der Waals surface area contributed by atoms with Crippen LogP contribution in [0, 0.1) is 0 Å². The van der Waals surface area contributed by atoms with Crippen LogP contribution in [0.2, 0.25) is 0 Å². The molecule has 0 aliphatic carbocycles. The van der Waals surface area contributed by atoms with Crippen molar-refractivity contribution in [3.8, 4) is 0 Å². The molecule has 2 N–H and O–H groups in total. The summed E-state index contributed by atoms with van der Waals surface area (Å²) in [6.45, 7) is 8.25. The molecule has 2 aliphatic heterocycles. The van der Waals surface area contributed by atoms with Gasteiger partial charge in [-0.3, -0.25) is 9.80 Å². The van der Waals surface area contributed by atoms with Gasteiger partial charge in [0.15, 0.2) is 0 Å². The van der Waals surface area contributed by atoms with Gasteiger partial charge in [0, 0.05) is 69.0 Å². The zero-order valence-electron chi connectivity index (χ0n) is 11.8. The fourth-order valence-electron chi connectivity index (χ4n) is 3.45. The quantitative estimate of drug-likeness (QED) is 0.881. The highest BCUT2D eigenvalue weighted by Crippen LogP contribution is 2.23. The Bertz CT molecular complexity index is 579. The Kier molecular flexibility index (Phi) is 3.22. The van der Waals surface area contributed by atoms with Crippen LogP contribution in [0.4, 0.5) is 0 Å². The molecule has 20 heavy (non-hydrogen) atoms. The van der Waals surface area contributed by atoms with Crippen LogP contribution in [0.3, 0.4) is 0 Å². The van der Waals surface area contributed by atoms with E-state index >= 15 is 0 Å². The number of hydrogen-bond acceptors (Lipinski definition) is 3. The molecule has 1 aromatic heterocycles. The number of benzene rings is 1. The van der Waals surface area contributed by atoms with Crippen molar-refractivity contribution in [2.75, 3.05) is 39.3 Å². The van der Waals surface area contributed by atoms with Gasteiger partial charge in [0.25, 0.3) is 0 Å². The number of nitrogens with one attached hydrogen (secondary N) is 2. The summed E-state index contributed by atoms with van der Waals surface area (Å²) in [6.07, 6.45) is 2.17. The molecule has 0 radical (unpaired) electrons. The number of rotatable bonds is 3. The van der Waals surface area contributed by atoms with Gasteiger partial charge in [0.2, 0.25) is 0 Å². The highest BCUT2D eigenvalue weighted by atomic mass is 15.3. The number of H-pyrrole nitrogens is 1. The van der Waals surface area contributed by atoms with E-state index in [1.165, 1.54) is 42.6 Å². The SMILES string of the molecule is c1ccc2c(CN3CC(N4CCNCC4)C3)c[nH]c2c1. The van der Waals surface area contributed by atoms with Gasteiger partial charge in [0.1, 0.15) is 0 Å². The fourth-order valence-corrected chi connectivity index (χ4v) is 3.45. The third kappa shape index (κ3) is 2.24. The van der Waals surface area contributed by atoms with Crippen molar-refractivity contribution in [2.45, 2.75) is 12.6 Å². The van der Waals surface area contributed by atoms with E-state index in [-0.39, 0.29) is 0 Å². The number of likely N-dealkylation sites (tertiary alicyclic amines) is 1. The lowest BCUT2D eigenvalue weighted by molar-refractivity contribution is 0.0225. The normalized spacial score (nSPS) is 22.2. The molecule has 4 nitrogen and oxygen atoms in total. The summed E-state index contributed by atoms with van der Waals surface area (Å²) in [6, 6.07) is 9.36. The second kappa shape index (κ2) is 5.20. The van der Waals surface area contributed by atoms with Crippen molar-refractivity contribution in [2.24, 2.45) is 0 Å². The zero-order valence-corrected chi connectivity index (χ0v) is 11.8. The first kappa shape index (κ1) is 12.4. The van der Waals surface area contributed by atoms with Crippen LogP contribution in [-0.4, -0.2) is 60.1 Å². The van der Waals surface area contributed by atoms with Gasteiger partial charge in [-0.1, -0.05) is 18.2 Å². The van der Waals surface area contributed by atoms with E-state index in [2.05, 4.69) is 50.6 Å². The molecule has 1 aromatic carbocycles.